The average Bonchev–Trinajstić information content (AvgIpc) is 2.80. The van der Waals surface area contributed by atoms with Crippen LogP contribution in [0.3, 0.4) is 0 Å². The molecule has 1 fully saturated rings. The van der Waals surface area contributed by atoms with Gasteiger partial charge < -0.3 is 5.73 Å². The number of nitrogens with zero attached hydrogens (tertiary/aromatic N) is 2. The predicted molar refractivity (Wildman–Crippen MR) is 97.0 cm³/mol. The topological polar surface area (TPSA) is 42.1 Å². The second kappa shape index (κ2) is 9.31. The molecule has 3 nitrogen and oxygen atoms in total. The predicted octanol–water partition coefficient (Wildman–Crippen LogP) is 3.99. The summed E-state index contributed by atoms with van der Waals surface area (Å²) in [5.41, 5.74) is 7.12. The van der Waals surface area contributed by atoms with Crippen LogP contribution in [0.15, 0.2) is 5.38 Å². The van der Waals surface area contributed by atoms with E-state index in [1.807, 2.05) is 0 Å². The zero-order chi connectivity index (χ0) is 13.9. The SMILES string of the molecule is CC(C)(C)c1csc(CN2CCCCC2CCN)n1.Cl.Cl. The Hall–Kier alpha value is 0.130. The van der Waals surface area contributed by atoms with Crippen LogP contribution in [0.2, 0.25) is 0 Å². The lowest BCUT2D eigenvalue weighted by atomic mass is 9.93. The molecular formula is C15H29Cl2N3S. The lowest BCUT2D eigenvalue weighted by Gasteiger charge is -2.35. The molecule has 1 saturated heterocycles. The first-order chi connectivity index (χ1) is 9.00. The van der Waals surface area contributed by atoms with Crippen LogP contribution >= 0.6 is 36.2 Å². The van der Waals surface area contributed by atoms with Crippen molar-refractivity contribution in [2.75, 3.05) is 13.1 Å². The lowest BCUT2D eigenvalue weighted by molar-refractivity contribution is 0.134. The highest BCUT2D eigenvalue weighted by Crippen LogP contribution is 2.27. The molecular weight excluding hydrogens is 325 g/mol. The van der Waals surface area contributed by atoms with Gasteiger partial charge in [0.2, 0.25) is 0 Å². The number of hydrogen-bond acceptors (Lipinski definition) is 4. The summed E-state index contributed by atoms with van der Waals surface area (Å²) in [6, 6.07) is 0.667. The van der Waals surface area contributed by atoms with Crippen LogP contribution in [-0.4, -0.2) is 29.0 Å². The van der Waals surface area contributed by atoms with Crippen molar-refractivity contribution in [3.05, 3.63) is 16.1 Å². The highest BCUT2D eigenvalue weighted by atomic mass is 35.5. The molecule has 0 aromatic carbocycles. The van der Waals surface area contributed by atoms with E-state index in [0.717, 1.165) is 19.5 Å². The third-order valence-corrected chi connectivity index (χ3v) is 4.74. The van der Waals surface area contributed by atoms with Gasteiger partial charge in [-0.1, -0.05) is 27.2 Å². The van der Waals surface area contributed by atoms with Gasteiger partial charge in [0, 0.05) is 16.8 Å². The van der Waals surface area contributed by atoms with E-state index in [4.69, 9.17) is 10.7 Å². The molecule has 21 heavy (non-hydrogen) atoms. The Morgan fingerprint density at radius 1 is 1.33 bits per heavy atom. The molecule has 1 aliphatic heterocycles. The maximum absolute atomic E-state index is 5.74. The number of nitrogens with two attached hydrogens (primary N) is 1. The number of hydrogen-bond donors (Lipinski definition) is 1. The van der Waals surface area contributed by atoms with Gasteiger partial charge in [-0.05, 0) is 32.4 Å². The molecule has 0 radical (unpaired) electrons. The molecule has 0 bridgehead atoms. The molecule has 2 rings (SSSR count). The summed E-state index contributed by atoms with van der Waals surface area (Å²) < 4.78 is 0. The fraction of sp³-hybridized carbons (Fsp3) is 0.800. The van der Waals surface area contributed by atoms with Crippen LogP contribution in [0.4, 0.5) is 0 Å². The van der Waals surface area contributed by atoms with Crippen LogP contribution in [0.5, 0.6) is 0 Å². The summed E-state index contributed by atoms with van der Waals surface area (Å²) in [6.45, 7) is 9.69. The molecule has 124 valence electrons. The van der Waals surface area contributed by atoms with E-state index in [1.54, 1.807) is 11.3 Å². The number of rotatable bonds is 4. The Balaban J connectivity index is 0.00000200. The monoisotopic (exact) mass is 353 g/mol. The van der Waals surface area contributed by atoms with Gasteiger partial charge in [0.25, 0.3) is 0 Å². The molecule has 1 aliphatic rings. The molecule has 1 aromatic heterocycles. The van der Waals surface area contributed by atoms with Crippen LogP contribution in [0, 0.1) is 0 Å². The first kappa shape index (κ1) is 21.1. The maximum atomic E-state index is 5.74. The maximum Gasteiger partial charge on any atom is 0.107 e. The van der Waals surface area contributed by atoms with Gasteiger partial charge >= 0.3 is 0 Å². The summed E-state index contributed by atoms with van der Waals surface area (Å²) in [7, 11) is 0. The fourth-order valence-corrected chi connectivity index (χ4v) is 3.73. The van der Waals surface area contributed by atoms with E-state index < -0.39 is 0 Å². The Morgan fingerprint density at radius 2 is 2.05 bits per heavy atom. The van der Waals surface area contributed by atoms with Gasteiger partial charge in [0.1, 0.15) is 5.01 Å². The number of piperidine rings is 1. The Kier molecular flexibility index (Phi) is 9.37. The highest BCUT2D eigenvalue weighted by molar-refractivity contribution is 7.09. The van der Waals surface area contributed by atoms with Crippen molar-refractivity contribution in [3.8, 4) is 0 Å². The molecule has 1 atom stereocenters. The van der Waals surface area contributed by atoms with E-state index in [0.29, 0.717) is 6.04 Å². The highest BCUT2D eigenvalue weighted by Gasteiger charge is 2.23. The quantitative estimate of drug-likeness (QED) is 0.889. The Morgan fingerprint density at radius 3 is 2.62 bits per heavy atom. The van der Waals surface area contributed by atoms with Gasteiger partial charge in [0.05, 0.1) is 12.2 Å². The first-order valence-corrected chi connectivity index (χ1v) is 8.27. The zero-order valence-electron chi connectivity index (χ0n) is 13.3. The first-order valence-electron chi connectivity index (χ1n) is 7.39. The van der Waals surface area contributed by atoms with E-state index >= 15 is 0 Å². The average molecular weight is 354 g/mol. The van der Waals surface area contributed by atoms with E-state index in [9.17, 15) is 0 Å². The molecule has 1 aromatic rings. The van der Waals surface area contributed by atoms with Gasteiger partial charge in [0.15, 0.2) is 0 Å². The summed E-state index contributed by atoms with van der Waals surface area (Å²) in [6.07, 6.45) is 5.09. The lowest BCUT2D eigenvalue weighted by Crippen LogP contribution is -2.40. The largest absolute Gasteiger partial charge is 0.330 e. The van der Waals surface area contributed by atoms with Crippen LogP contribution < -0.4 is 5.73 Å². The standard InChI is InChI=1S/C15H27N3S.2ClH/c1-15(2,3)13-11-19-14(17-13)10-18-9-5-4-6-12(18)7-8-16;;/h11-12H,4-10,16H2,1-3H3;2*1H. The third kappa shape index (κ3) is 6.03. The molecule has 2 heterocycles. The number of likely N-dealkylation sites (tertiary alicyclic amines) is 1. The van der Waals surface area contributed by atoms with Crippen molar-refractivity contribution >= 4 is 36.2 Å². The van der Waals surface area contributed by atoms with Crippen molar-refractivity contribution in [2.45, 2.75) is 64.5 Å². The Bertz CT molecular complexity index is 402. The van der Waals surface area contributed by atoms with Gasteiger partial charge in [-0.15, -0.1) is 36.2 Å². The van der Waals surface area contributed by atoms with E-state index in [2.05, 4.69) is 31.1 Å². The number of halogens is 2. The van der Waals surface area contributed by atoms with Crippen LogP contribution in [0.25, 0.3) is 0 Å². The molecule has 0 amide bonds. The van der Waals surface area contributed by atoms with Crippen molar-refractivity contribution in [1.82, 2.24) is 9.88 Å². The minimum Gasteiger partial charge on any atom is -0.330 e. The number of aromatic nitrogens is 1. The molecule has 0 saturated carbocycles. The minimum atomic E-state index is 0. The minimum absolute atomic E-state index is 0. The molecule has 0 spiro atoms. The van der Waals surface area contributed by atoms with E-state index in [-0.39, 0.29) is 30.2 Å². The van der Waals surface area contributed by atoms with Crippen molar-refractivity contribution in [3.63, 3.8) is 0 Å². The zero-order valence-corrected chi connectivity index (χ0v) is 15.8. The van der Waals surface area contributed by atoms with Gasteiger partial charge in [-0.2, -0.15) is 0 Å². The second-order valence-electron chi connectivity index (χ2n) is 6.57. The molecule has 0 aliphatic carbocycles. The normalized spacial score (nSPS) is 19.7. The smallest absolute Gasteiger partial charge is 0.107 e. The summed E-state index contributed by atoms with van der Waals surface area (Å²) in [4.78, 5) is 7.40. The fourth-order valence-electron chi connectivity index (χ4n) is 2.69. The van der Waals surface area contributed by atoms with Gasteiger partial charge in [-0.3, -0.25) is 4.90 Å². The van der Waals surface area contributed by atoms with Crippen molar-refractivity contribution in [1.29, 1.82) is 0 Å². The van der Waals surface area contributed by atoms with E-state index in [1.165, 1.54) is 36.5 Å². The Labute approximate surface area is 145 Å². The molecule has 2 N–H and O–H groups in total. The molecule has 6 heteroatoms. The summed E-state index contributed by atoms with van der Waals surface area (Å²) >= 11 is 1.81. The van der Waals surface area contributed by atoms with Crippen LogP contribution in [0.1, 0.15) is 57.2 Å². The summed E-state index contributed by atoms with van der Waals surface area (Å²) in [5, 5.41) is 3.48. The number of thiazole rings is 1. The van der Waals surface area contributed by atoms with Gasteiger partial charge in [-0.25, -0.2) is 4.98 Å². The van der Waals surface area contributed by atoms with Crippen molar-refractivity contribution < 1.29 is 0 Å². The molecule has 1 unspecified atom stereocenters. The summed E-state index contributed by atoms with van der Waals surface area (Å²) in [5.74, 6) is 0. The van der Waals surface area contributed by atoms with Crippen LogP contribution in [-0.2, 0) is 12.0 Å². The third-order valence-electron chi connectivity index (χ3n) is 3.91. The second-order valence-corrected chi connectivity index (χ2v) is 7.52. The van der Waals surface area contributed by atoms with Crippen molar-refractivity contribution in [2.24, 2.45) is 5.73 Å².